The maximum atomic E-state index is 10.8. The lowest BCUT2D eigenvalue weighted by molar-refractivity contribution is 0.601. The molecule has 0 aromatic carbocycles. The lowest BCUT2D eigenvalue weighted by atomic mass is 10.7. The molecule has 0 radical (unpaired) electrons. The molecule has 0 fully saturated rings. The van der Waals surface area contributed by atoms with E-state index in [0.29, 0.717) is 4.73 Å². The van der Waals surface area contributed by atoms with Gasteiger partial charge in [-0.25, -0.2) is 18.4 Å². The van der Waals surface area contributed by atoms with Gasteiger partial charge in [0.05, 0.1) is 12.4 Å². The van der Waals surface area contributed by atoms with Gasteiger partial charge in [-0.1, -0.05) is 0 Å². The van der Waals surface area contributed by atoms with Gasteiger partial charge in [0.1, 0.15) is 4.90 Å². The molecule has 0 aliphatic rings. The molecule has 0 atom stereocenters. The molecular formula is C5H5BrN2O2S. The van der Waals surface area contributed by atoms with E-state index in [9.17, 15) is 8.42 Å². The van der Waals surface area contributed by atoms with Crippen LogP contribution in [0.1, 0.15) is 0 Å². The van der Waals surface area contributed by atoms with Crippen LogP contribution in [0.4, 0.5) is 0 Å². The topological polar surface area (TPSA) is 59.9 Å². The monoisotopic (exact) mass is 236 g/mol. The molecule has 0 saturated heterocycles. The fourth-order valence-corrected chi connectivity index (χ4v) is 1.19. The highest BCUT2D eigenvalue weighted by atomic mass is 79.9. The molecule has 0 unspecified atom stereocenters. The predicted octanol–water partition coefficient (Wildman–Crippen LogP) is 0.643. The first kappa shape index (κ1) is 8.61. The van der Waals surface area contributed by atoms with Crippen molar-refractivity contribution in [2.75, 3.05) is 6.26 Å². The number of nitrogens with zero attached hydrogens (tertiary/aromatic N) is 2. The molecule has 0 aliphatic heterocycles. The number of hydrogen-bond acceptors (Lipinski definition) is 4. The van der Waals surface area contributed by atoms with E-state index in [2.05, 4.69) is 25.9 Å². The van der Waals surface area contributed by atoms with Crippen LogP contribution in [0.5, 0.6) is 0 Å². The molecule has 1 rings (SSSR count). The Labute approximate surface area is 72.7 Å². The highest BCUT2D eigenvalue weighted by Gasteiger charge is 2.06. The quantitative estimate of drug-likeness (QED) is 0.672. The van der Waals surface area contributed by atoms with Gasteiger partial charge in [-0.05, 0) is 15.9 Å². The Balaban J connectivity index is 3.20. The highest BCUT2D eigenvalue weighted by Crippen LogP contribution is 2.06. The minimum Gasteiger partial charge on any atom is -0.229 e. The lowest BCUT2D eigenvalue weighted by Crippen LogP contribution is -1.98. The maximum absolute atomic E-state index is 10.8. The molecule has 1 heterocycles. The molecule has 6 heteroatoms. The van der Waals surface area contributed by atoms with Crippen LogP contribution in [0.2, 0.25) is 0 Å². The molecule has 0 amide bonds. The van der Waals surface area contributed by atoms with Crippen LogP contribution in [0.15, 0.2) is 22.0 Å². The summed E-state index contributed by atoms with van der Waals surface area (Å²) in [7, 11) is -3.17. The Bertz CT molecular complexity index is 345. The number of rotatable bonds is 1. The van der Waals surface area contributed by atoms with Crippen LogP contribution in [-0.4, -0.2) is 24.6 Å². The molecular weight excluding hydrogens is 232 g/mol. The van der Waals surface area contributed by atoms with E-state index < -0.39 is 9.84 Å². The zero-order valence-electron chi connectivity index (χ0n) is 5.65. The van der Waals surface area contributed by atoms with E-state index in [1.54, 1.807) is 0 Å². The van der Waals surface area contributed by atoms with Crippen molar-refractivity contribution in [2.24, 2.45) is 0 Å². The lowest BCUT2D eigenvalue weighted by Gasteiger charge is -1.94. The molecule has 0 bridgehead atoms. The van der Waals surface area contributed by atoms with Gasteiger partial charge in [0.2, 0.25) is 0 Å². The standard InChI is InChI=1S/C5H5BrN2O2S/c1-11(9,10)4-2-7-5(6)8-3-4/h2-3H,1H3. The van der Waals surface area contributed by atoms with Gasteiger partial charge >= 0.3 is 0 Å². The molecule has 1 aromatic rings. The Hall–Kier alpha value is -0.490. The van der Waals surface area contributed by atoms with Crippen molar-refractivity contribution in [1.82, 2.24) is 9.97 Å². The van der Waals surface area contributed by atoms with Gasteiger partial charge in [0.25, 0.3) is 0 Å². The van der Waals surface area contributed by atoms with Crippen molar-refractivity contribution in [3.05, 3.63) is 17.1 Å². The van der Waals surface area contributed by atoms with Crippen molar-refractivity contribution in [1.29, 1.82) is 0 Å². The van der Waals surface area contributed by atoms with Crippen molar-refractivity contribution in [2.45, 2.75) is 4.90 Å². The highest BCUT2D eigenvalue weighted by molar-refractivity contribution is 9.10. The van der Waals surface area contributed by atoms with E-state index >= 15 is 0 Å². The van der Waals surface area contributed by atoms with Crippen molar-refractivity contribution in [3.8, 4) is 0 Å². The Morgan fingerprint density at radius 2 is 1.82 bits per heavy atom. The maximum Gasteiger partial charge on any atom is 0.196 e. The first-order valence-corrected chi connectivity index (χ1v) is 5.36. The number of aromatic nitrogens is 2. The molecule has 0 spiro atoms. The predicted molar refractivity (Wildman–Crippen MR) is 42.8 cm³/mol. The summed E-state index contributed by atoms with van der Waals surface area (Å²) in [6.45, 7) is 0. The van der Waals surface area contributed by atoms with Gasteiger partial charge in [0, 0.05) is 6.26 Å². The summed E-state index contributed by atoms with van der Waals surface area (Å²) in [6.07, 6.45) is 3.62. The molecule has 60 valence electrons. The summed E-state index contributed by atoms with van der Waals surface area (Å²) in [5.74, 6) is 0. The van der Waals surface area contributed by atoms with Crippen molar-refractivity contribution >= 4 is 25.8 Å². The normalized spacial score (nSPS) is 11.5. The molecule has 0 N–H and O–H groups in total. The van der Waals surface area contributed by atoms with Crippen LogP contribution >= 0.6 is 15.9 Å². The Morgan fingerprint density at radius 3 is 2.18 bits per heavy atom. The Morgan fingerprint density at radius 1 is 1.36 bits per heavy atom. The fourth-order valence-electron chi connectivity index (χ4n) is 0.492. The largest absolute Gasteiger partial charge is 0.229 e. The molecule has 11 heavy (non-hydrogen) atoms. The first-order chi connectivity index (χ1) is 5.00. The van der Waals surface area contributed by atoms with E-state index in [1.807, 2.05) is 0 Å². The van der Waals surface area contributed by atoms with Crippen LogP contribution in [0.3, 0.4) is 0 Å². The average Bonchev–Trinajstić information content (AvgIpc) is 1.86. The van der Waals surface area contributed by atoms with Crippen LogP contribution in [-0.2, 0) is 9.84 Å². The zero-order valence-corrected chi connectivity index (χ0v) is 8.05. The van der Waals surface area contributed by atoms with Gasteiger partial charge in [-0.15, -0.1) is 0 Å². The van der Waals surface area contributed by atoms with Crippen molar-refractivity contribution in [3.63, 3.8) is 0 Å². The fraction of sp³-hybridized carbons (Fsp3) is 0.200. The summed E-state index contributed by atoms with van der Waals surface area (Å²) in [5, 5.41) is 0. The molecule has 0 aliphatic carbocycles. The summed E-state index contributed by atoms with van der Waals surface area (Å²) < 4.78 is 22.1. The third-order valence-electron chi connectivity index (χ3n) is 1.02. The SMILES string of the molecule is CS(=O)(=O)c1cnc(Br)nc1. The van der Waals surface area contributed by atoms with E-state index in [0.717, 1.165) is 6.26 Å². The minimum absolute atomic E-state index is 0.126. The zero-order chi connectivity index (χ0) is 8.48. The second-order valence-corrected chi connectivity index (χ2v) is 4.68. The van der Waals surface area contributed by atoms with Gasteiger partial charge in [0.15, 0.2) is 14.6 Å². The average molecular weight is 237 g/mol. The van der Waals surface area contributed by atoms with E-state index in [1.165, 1.54) is 12.4 Å². The number of halogens is 1. The smallest absolute Gasteiger partial charge is 0.196 e. The molecule has 1 aromatic heterocycles. The summed E-state index contributed by atoms with van der Waals surface area (Å²) >= 11 is 3.00. The summed E-state index contributed by atoms with van der Waals surface area (Å²) in [6, 6.07) is 0. The van der Waals surface area contributed by atoms with Crippen LogP contribution < -0.4 is 0 Å². The minimum atomic E-state index is -3.17. The summed E-state index contributed by atoms with van der Waals surface area (Å²) in [5.41, 5.74) is 0. The molecule has 4 nitrogen and oxygen atoms in total. The second-order valence-electron chi connectivity index (χ2n) is 1.96. The third kappa shape index (κ3) is 2.23. The second kappa shape index (κ2) is 2.86. The first-order valence-electron chi connectivity index (χ1n) is 2.68. The number of hydrogen-bond donors (Lipinski definition) is 0. The van der Waals surface area contributed by atoms with Crippen molar-refractivity contribution < 1.29 is 8.42 Å². The number of sulfone groups is 1. The van der Waals surface area contributed by atoms with Gasteiger partial charge < -0.3 is 0 Å². The van der Waals surface area contributed by atoms with Gasteiger partial charge in [-0.2, -0.15) is 0 Å². The van der Waals surface area contributed by atoms with Crippen LogP contribution in [0.25, 0.3) is 0 Å². The van der Waals surface area contributed by atoms with Gasteiger partial charge in [-0.3, -0.25) is 0 Å². The third-order valence-corrected chi connectivity index (χ3v) is 2.50. The van der Waals surface area contributed by atoms with Crippen LogP contribution in [0, 0.1) is 0 Å². The Kier molecular flexibility index (Phi) is 2.24. The summed E-state index contributed by atoms with van der Waals surface area (Å²) in [4.78, 5) is 7.47. The van der Waals surface area contributed by atoms with E-state index in [-0.39, 0.29) is 4.90 Å². The molecule has 0 saturated carbocycles. The van der Waals surface area contributed by atoms with E-state index in [4.69, 9.17) is 0 Å².